The zero-order chi connectivity index (χ0) is 20.1. The summed E-state index contributed by atoms with van der Waals surface area (Å²) in [6, 6.07) is 0. The van der Waals surface area contributed by atoms with E-state index in [1.54, 1.807) is 12.2 Å². The Balaban J connectivity index is 2.17. The Morgan fingerprint density at radius 2 is 1.30 bits per heavy atom. The molecule has 1 aliphatic heterocycles. The monoisotopic (exact) mass is 384 g/mol. The first-order valence-corrected chi connectivity index (χ1v) is 9.48. The van der Waals surface area contributed by atoms with E-state index in [9.17, 15) is 19.8 Å². The van der Waals surface area contributed by atoms with Gasteiger partial charge in [0.2, 0.25) is 0 Å². The van der Waals surface area contributed by atoms with Crippen LogP contribution in [0.2, 0.25) is 0 Å². The number of aliphatic hydroxyl groups is 2. The lowest BCUT2D eigenvalue weighted by molar-refractivity contribution is -0.140. The Hall–Kier alpha value is -1.70. The van der Waals surface area contributed by atoms with E-state index in [0.29, 0.717) is 25.7 Å². The van der Waals surface area contributed by atoms with E-state index in [1.807, 2.05) is 12.2 Å². The van der Waals surface area contributed by atoms with Crippen molar-refractivity contribution in [1.29, 1.82) is 0 Å². The van der Waals surface area contributed by atoms with Crippen LogP contribution in [0.5, 0.6) is 0 Å². The highest BCUT2D eigenvalue weighted by Crippen LogP contribution is 2.27. The fourth-order valence-electron chi connectivity index (χ4n) is 2.86. The fraction of sp³-hybridized carbons (Fsp3) is 0.700. The molecule has 0 aromatic rings. The average Bonchev–Trinajstić information content (AvgIpc) is 3.10. The van der Waals surface area contributed by atoms with Gasteiger partial charge in [-0.25, -0.2) is 0 Å². The minimum Gasteiger partial charge on any atom is -0.462 e. The van der Waals surface area contributed by atoms with Crippen LogP contribution >= 0.6 is 0 Å². The zero-order valence-corrected chi connectivity index (χ0v) is 16.2. The summed E-state index contributed by atoms with van der Waals surface area (Å²) >= 11 is 0. The van der Waals surface area contributed by atoms with Crippen LogP contribution in [0.3, 0.4) is 0 Å². The lowest BCUT2D eigenvalue weighted by Crippen LogP contribution is -2.30. The van der Waals surface area contributed by atoms with Crippen LogP contribution in [0.1, 0.15) is 52.4 Å². The quantitative estimate of drug-likeness (QED) is 0.392. The molecule has 0 aliphatic carbocycles. The molecule has 0 amide bonds. The first-order chi connectivity index (χ1) is 12.9. The maximum Gasteiger partial charge on any atom is 0.302 e. The molecule has 0 saturated carbocycles. The maximum absolute atomic E-state index is 10.6. The third kappa shape index (κ3) is 10.9. The van der Waals surface area contributed by atoms with Crippen molar-refractivity contribution in [2.45, 2.75) is 76.8 Å². The molecule has 0 unspecified atom stereocenters. The normalized spacial score (nSPS) is 22.2. The Bertz CT molecular complexity index is 457. The van der Waals surface area contributed by atoms with Gasteiger partial charge in [-0.2, -0.15) is 0 Å². The summed E-state index contributed by atoms with van der Waals surface area (Å²) in [5.74, 6) is -0.632. The summed E-state index contributed by atoms with van der Waals surface area (Å²) in [6.45, 7) is 3.21. The van der Waals surface area contributed by atoms with E-state index < -0.39 is 12.2 Å². The second kappa shape index (κ2) is 13.5. The summed E-state index contributed by atoms with van der Waals surface area (Å²) in [4.78, 5) is 21.3. The second-order valence-corrected chi connectivity index (χ2v) is 6.63. The van der Waals surface area contributed by atoms with Crippen LogP contribution in [0.4, 0.5) is 0 Å². The van der Waals surface area contributed by atoms with Gasteiger partial charge in [-0.3, -0.25) is 9.59 Å². The summed E-state index contributed by atoms with van der Waals surface area (Å²) in [5.41, 5.74) is 0. The average molecular weight is 384 g/mol. The third-order valence-electron chi connectivity index (χ3n) is 4.30. The van der Waals surface area contributed by atoms with Crippen molar-refractivity contribution in [3.63, 3.8) is 0 Å². The molecule has 7 nitrogen and oxygen atoms in total. The highest BCUT2D eigenvalue weighted by Gasteiger charge is 2.33. The summed E-state index contributed by atoms with van der Waals surface area (Å²) in [7, 11) is 0. The maximum atomic E-state index is 10.6. The van der Waals surface area contributed by atoms with Crippen LogP contribution < -0.4 is 0 Å². The number of ether oxygens (including phenoxy) is 3. The Morgan fingerprint density at radius 3 is 1.67 bits per heavy atom. The smallest absolute Gasteiger partial charge is 0.302 e. The molecule has 1 fully saturated rings. The van der Waals surface area contributed by atoms with Crippen molar-refractivity contribution in [3.05, 3.63) is 24.3 Å². The number of carbonyl (C=O) groups excluding carboxylic acids is 2. The van der Waals surface area contributed by atoms with E-state index in [2.05, 4.69) is 0 Å². The molecule has 2 N–H and O–H groups in total. The largest absolute Gasteiger partial charge is 0.462 e. The lowest BCUT2D eigenvalue weighted by atomic mass is 10.0. The topological polar surface area (TPSA) is 102 Å². The molecule has 0 bridgehead atoms. The Labute approximate surface area is 161 Å². The molecule has 0 aromatic carbocycles. The van der Waals surface area contributed by atoms with Gasteiger partial charge in [0.15, 0.2) is 0 Å². The molecule has 1 saturated heterocycles. The highest BCUT2D eigenvalue weighted by molar-refractivity contribution is 5.66. The Kier molecular flexibility index (Phi) is 11.6. The first kappa shape index (κ1) is 23.3. The molecular formula is C20H32O7. The molecule has 154 valence electrons. The van der Waals surface area contributed by atoms with Gasteiger partial charge in [0, 0.05) is 13.8 Å². The molecular weight excluding hydrogens is 352 g/mol. The highest BCUT2D eigenvalue weighted by atomic mass is 16.5. The molecule has 4 atom stereocenters. The fourth-order valence-corrected chi connectivity index (χ4v) is 2.86. The van der Waals surface area contributed by atoms with Gasteiger partial charge >= 0.3 is 11.9 Å². The minimum absolute atomic E-state index is 0.245. The molecule has 7 heteroatoms. The molecule has 0 aromatic heterocycles. The van der Waals surface area contributed by atoms with Crippen molar-refractivity contribution in [1.82, 2.24) is 0 Å². The van der Waals surface area contributed by atoms with Gasteiger partial charge < -0.3 is 24.4 Å². The van der Waals surface area contributed by atoms with Crippen molar-refractivity contribution < 1.29 is 34.0 Å². The predicted octanol–water partition coefficient (Wildman–Crippen LogP) is 2.05. The number of carbonyl (C=O) groups is 2. The minimum atomic E-state index is -0.579. The van der Waals surface area contributed by atoms with E-state index in [1.165, 1.54) is 13.8 Å². The number of esters is 2. The van der Waals surface area contributed by atoms with Crippen LogP contribution in [-0.2, 0) is 23.8 Å². The Morgan fingerprint density at radius 1 is 0.889 bits per heavy atom. The first-order valence-electron chi connectivity index (χ1n) is 9.48. The lowest BCUT2D eigenvalue weighted by Gasteiger charge is -2.21. The third-order valence-corrected chi connectivity index (χ3v) is 4.30. The molecule has 1 heterocycles. The molecule has 0 radical (unpaired) electrons. The standard InChI is InChI=1S/C20H32O7/c1-15(21)25-13-7-3-5-9-17(23)19-11-12-20(27-19)18(24)10-6-4-8-14-26-16(2)22/h3-4,7-8,17-20,23-24H,5-6,9-14H2,1-2H3/b7-3+,8-4+/t17-,18+,19-,20+. The van der Waals surface area contributed by atoms with Crippen molar-refractivity contribution in [2.24, 2.45) is 0 Å². The van der Waals surface area contributed by atoms with E-state index in [0.717, 1.165) is 12.8 Å². The number of aliphatic hydroxyl groups excluding tert-OH is 2. The SMILES string of the molecule is CC(=O)OC/C=C/CC[C@@H](O)[C@H]1CC[C@@H]([C@@H](O)CC/C=C/COC(C)=O)O1. The molecule has 1 rings (SSSR count). The summed E-state index contributed by atoms with van der Waals surface area (Å²) < 4.78 is 15.4. The van der Waals surface area contributed by atoms with Crippen LogP contribution in [0.25, 0.3) is 0 Å². The van der Waals surface area contributed by atoms with Crippen molar-refractivity contribution in [2.75, 3.05) is 13.2 Å². The van der Waals surface area contributed by atoms with E-state index in [-0.39, 0.29) is 37.4 Å². The van der Waals surface area contributed by atoms with Crippen LogP contribution in [0, 0.1) is 0 Å². The van der Waals surface area contributed by atoms with Gasteiger partial charge in [0.1, 0.15) is 13.2 Å². The molecule has 0 spiro atoms. The summed E-state index contributed by atoms with van der Waals surface area (Å²) in [5, 5.41) is 20.5. The second-order valence-electron chi connectivity index (χ2n) is 6.63. The summed E-state index contributed by atoms with van der Waals surface area (Å²) in [6.07, 6.45) is 9.48. The van der Waals surface area contributed by atoms with E-state index in [4.69, 9.17) is 14.2 Å². The van der Waals surface area contributed by atoms with Crippen molar-refractivity contribution in [3.8, 4) is 0 Å². The van der Waals surface area contributed by atoms with Crippen molar-refractivity contribution >= 4 is 11.9 Å². The van der Waals surface area contributed by atoms with Gasteiger partial charge in [0.05, 0.1) is 24.4 Å². The van der Waals surface area contributed by atoms with Gasteiger partial charge in [-0.1, -0.05) is 24.3 Å². The molecule has 1 aliphatic rings. The zero-order valence-electron chi connectivity index (χ0n) is 16.2. The predicted molar refractivity (Wildman–Crippen MR) is 99.9 cm³/mol. The number of hydrogen-bond donors (Lipinski definition) is 2. The van der Waals surface area contributed by atoms with Gasteiger partial charge in [0.25, 0.3) is 0 Å². The van der Waals surface area contributed by atoms with E-state index >= 15 is 0 Å². The van der Waals surface area contributed by atoms with Crippen LogP contribution in [0.15, 0.2) is 24.3 Å². The number of hydrogen-bond acceptors (Lipinski definition) is 7. The van der Waals surface area contributed by atoms with Gasteiger partial charge in [-0.05, 0) is 38.5 Å². The van der Waals surface area contributed by atoms with Gasteiger partial charge in [-0.15, -0.1) is 0 Å². The number of allylic oxidation sites excluding steroid dienone is 2. The van der Waals surface area contributed by atoms with Crippen LogP contribution in [-0.4, -0.2) is 59.8 Å². The number of rotatable bonds is 12. The molecule has 27 heavy (non-hydrogen) atoms.